The van der Waals surface area contributed by atoms with Gasteiger partial charge < -0.3 is 0 Å². The minimum atomic E-state index is -0.237. The highest BCUT2D eigenvalue weighted by Gasteiger charge is 2.15. The monoisotopic (exact) mass is 382 g/mol. The fourth-order valence-corrected chi connectivity index (χ4v) is 2.66. The molecule has 0 unspecified atom stereocenters. The van der Waals surface area contributed by atoms with Crippen LogP contribution in [-0.4, -0.2) is 0 Å². The van der Waals surface area contributed by atoms with Crippen LogP contribution in [0.5, 0.6) is 0 Å². The summed E-state index contributed by atoms with van der Waals surface area (Å²) in [5.74, 6) is 6.76. The molecule has 150 valence electrons. The second-order valence-electron chi connectivity index (χ2n) is 7.53. The molecule has 0 aliphatic rings. The first-order valence-corrected chi connectivity index (χ1v) is 9.97. The molecule has 0 heterocycles. The lowest BCUT2D eigenvalue weighted by Gasteiger charge is -2.17. The second kappa shape index (κ2) is 11.1. The smallest absolute Gasteiger partial charge is 0.0465 e. The molecule has 0 atom stereocenters. The Balaban J connectivity index is 3.51. The van der Waals surface area contributed by atoms with Crippen molar-refractivity contribution in [3.05, 3.63) is 108 Å². The van der Waals surface area contributed by atoms with Gasteiger partial charge in [0.1, 0.15) is 0 Å². The summed E-state index contributed by atoms with van der Waals surface area (Å²) in [6.07, 6.45) is 11.9. The molecule has 0 aromatic heterocycles. The largest absolute Gasteiger partial charge is 0.0986 e. The van der Waals surface area contributed by atoms with E-state index in [4.69, 9.17) is 0 Å². The van der Waals surface area contributed by atoms with Crippen LogP contribution in [-0.2, 0) is 0 Å². The number of hydrogen-bond donors (Lipinski definition) is 0. The zero-order valence-corrected chi connectivity index (χ0v) is 18.9. The van der Waals surface area contributed by atoms with Crippen molar-refractivity contribution in [3.63, 3.8) is 0 Å². The molecule has 0 amide bonds. The van der Waals surface area contributed by atoms with Crippen molar-refractivity contribution in [2.45, 2.75) is 41.5 Å². The normalized spacial score (nSPS) is 13.4. The first-order valence-electron chi connectivity index (χ1n) is 9.97. The van der Waals surface area contributed by atoms with E-state index in [1.165, 1.54) is 0 Å². The fraction of sp³-hybridized carbons (Fsp3) is 0.241. The molecule has 0 bridgehead atoms. The van der Waals surface area contributed by atoms with Crippen molar-refractivity contribution in [1.29, 1.82) is 0 Å². The van der Waals surface area contributed by atoms with Gasteiger partial charge in [0, 0.05) is 11.0 Å². The molecule has 0 fully saturated rings. The Hall–Kier alpha value is -3.04. The lowest BCUT2D eigenvalue weighted by atomic mass is 9.86. The lowest BCUT2D eigenvalue weighted by Crippen LogP contribution is -2.08. The Morgan fingerprint density at radius 2 is 1.55 bits per heavy atom. The summed E-state index contributed by atoms with van der Waals surface area (Å²) in [5, 5.41) is 0. The third-order valence-electron chi connectivity index (χ3n) is 5.10. The molecular formula is C29H34. The molecule has 0 aliphatic carbocycles. The van der Waals surface area contributed by atoms with Crippen LogP contribution in [0.4, 0.5) is 0 Å². The molecule has 1 aromatic rings. The Bertz CT molecular complexity index is 940. The van der Waals surface area contributed by atoms with Crippen LogP contribution in [0.25, 0.3) is 11.1 Å². The van der Waals surface area contributed by atoms with Crippen molar-refractivity contribution in [2.75, 3.05) is 0 Å². The van der Waals surface area contributed by atoms with Crippen molar-refractivity contribution >= 4 is 11.1 Å². The maximum Gasteiger partial charge on any atom is 0.0465 e. The standard InChI is InChI=1S/C29H34/c1-10-14-15-25(20-21-29(8,9)22(5)6)23(7)28(13-4)27-18-16-26(17-19-27)24(11-2)12-3/h10-19H,2,4-5H2,1,3,6-9H3/b14-10-,24-12+,25-15-,28-23-. The highest BCUT2D eigenvalue weighted by Crippen LogP contribution is 2.28. The Kier molecular flexibility index (Phi) is 9.17. The molecule has 0 N–H and O–H groups in total. The van der Waals surface area contributed by atoms with Crippen LogP contribution >= 0.6 is 0 Å². The van der Waals surface area contributed by atoms with Gasteiger partial charge in [0.2, 0.25) is 0 Å². The zero-order valence-electron chi connectivity index (χ0n) is 18.9. The third-order valence-corrected chi connectivity index (χ3v) is 5.10. The van der Waals surface area contributed by atoms with Crippen molar-refractivity contribution in [2.24, 2.45) is 5.41 Å². The summed E-state index contributed by atoms with van der Waals surface area (Å²) in [5.41, 5.74) is 7.38. The summed E-state index contributed by atoms with van der Waals surface area (Å²) in [7, 11) is 0. The van der Waals surface area contributed by atoms with Gasteiger partial charge in [-0.25, -0.2) is 0 Å². The minimum Gasteiger partial charge on any atom is -0.0986 e. The Morgan fingerprint density at radius 1 is 0.966 bits per heavy atom. The van der Waals surface area contributed by atoms with E-state index >= 15 is 0 Å². The van der Waals surface area contributed by atoms with Gasteiger partial charge >= 0.3 is 0 Å². The van der Waals surface area contributed by atoms with Gasteiger partial charge in [-0.05, 0) is 75.5 Å². The Morgan fingerprint density at radius 3 is 2.00 bits per heavy atom. The summed E-state index contributed by atoms with van der Waals surface area (Å²) in [6.45, 7) is 24.4. The highest BCUT2D eigenvalue weighted by atomic mass is 14.2. The maximum atomic E-state index is 4.07. The fourth-order valence-electron chi connectivity index (χ4n) is 2.66. The van der Waals surface area contributed by atoms with E-state index in [1.54, 1.807) is 0 Å². The third kappa shape index (κ3) is 6.51. The SMILES string of the molecule is C=C/C(=C(C)/C(C#CC(C)(C)C(=C)C)=C\C=C/C)c1ccc(/C(C=C)=C/C)cc1. The highest BCUT2D eigenvalue weighted by molar-refractivity contribution is 5.82. The van der Waals surface area contributed by atoms with Crippen molar-refractivity contribution in [1.82, 2.24) is 0 Å². The van der Waals surface area contributed by atoms with Crippen LogP contribution in [0, 0.1) is 17.3 Å². The van der Waals surface area contributed by atoms with Crippen LogP contribution in [0.2, 0.25) is 0 Å². The summed E-state index contributed by atoms with van der Waals surface area (Å²) in [6, 6.07) is 8.49. The van der Waals surface area contributed by atoms with Crippen molar-refractivity contribution in [3.8, 4) is 11.8 Å². The first-order chi connectivity index (χ1) is 13.7. The van der Waals surface area contributed by atoms with Crippen molar-refractivity contribution < 1.29 is 0 Å². The number of hydrogen-bond acceptors (Lipinski definition) is 0. The van der Waals surface area contributed by atoms with E-state index in [1.807, 2.05) is 45.1 Å². The van der Waals surface area contributed by atoms with E-state index in [9.17, 15) is 0 Å². The van der Waals surface area contributed by atoms with Crippen LogP contribution in [0.1, 0.15) is 52.7 Å². The van der Waals surface area contributed by atoms with Gasteiger partial charge in [-0.3, -0.25) is 0 Å². The van der Waals surface area contributed by atoms with Gasteiger partial charge in [0.25, 0.3) is 0 Å². The van der Waals surface area contributed by atoms with E-state index in [-0.39, 0.29) is 5.41 Å². The Labute approximate surface area is 178 Å². The van der Waals surface area contributed by atoms with E-state index < -0.39 is 0 Å². The molecular weight excluding hydrogens is 348 g/mol. The molecule has 0 saturated carbocycles. The molecule has 0 nitrogen and oxygen atoms in total. The predicted octanol–water partition coefficient (Wildman–Crippen LogP) is 8.34. The van der Waals surface area contributed by atoms with E-state index in [2.05, 4.69) is 88.8 Å². The molecule has 0 radical (unpaired) electrons. The first kappa shape index (κ1) is 24.0. The van der Waals surface area contributed by atoms with E-state index in [0.717, 1.165) is 39.0 Å². The molecule has 0 spiro atoms. The van der Waals surface area contributed by atoms with Gasteiger partial charge in [0.05, 0.1) is 0 Å². The van der Waals surface area contributed by atoms with Crippen LogP contribution < -0.4 is 0 Å². The summed E-state index contributed by atoms with van der Waals surface area (Å²) < 4.78 is 0. The lowest BCUT2D eigenvalue weighted by molar-refractivity contribution is 0.609. The minimum absolute atomic E-state index is 0.237. The molecule has 29 heavy (non-hydrogen) atoms. The maximum absolute atomic E-state index is 4.07. The average molecular weight is 383 g/mol. The molecule has 0 aliphatic heterocycles. The van der Waals surface area contributed by atoms with Gasteiger partial charge in [-0.1, -0.05) is 91.8 Å². The quantitative estimate of drug-likeness (QED) is 0.252. The summed E-state index contributed by atoms with van der Waals surface area (Å²) >= 11 is 0. The average Bonchev–Trinajstić information content (AvgIpc) is 2.70. The van der Waals surface area contributed by atoms with Crippen LogP contribution in [0.15, 0.2) is 97.2 Å². The predicted molar refractivity (Wildman–Crippen MR) is 132 cm³/mol. The molecule has 1 rings (SSSR count). The van der Waals surface area contributed by atoms with Crippen LogP contribution in [0.3, 0.4) is 0 Å². The number of allylic oxidation sites excluding steroid dienone is 11. The molecule has 1 aromatic carbocycles. The topological polar surface area (TPSA) is 0 Å². The van der Waals surface area contributed by atoms with Gasteiger partial charge in [-0.2, -0.15) is 0 Å². The second-order valence-corrected chi connectivity index (χ2v) is 7.53. The number of benzene rings is 1. The van der Waals surface area contributed by atoms with E-state index in [0.29, 0.717) is 0 Å². The number of rotatable bonds is 7. The zero-order chi connectivity index (χ0) is 22.0. The summed E-state index contributed by atoms with van der Waals surface area (Å²) in [4.78, 5) is 0. The molecule has 0 saturated heterocycles. The van der Waals surface area contributed by atoms with Gasteiger partial charge in [-0.15, -0.1) is 0 Å². The van der Waals surface area contributed by atoms with Gasteiger partial charge in [0.15, 0.2) is 0 Å². The molecule has 0 heteroatoms.